The first-order valence-corrected chi connectivity index (χ1v) is 9.10. The van der Waals surface area contributed by atoms with Crippen LogP contribution in [0.25, 0.3) is 0 Å². The quantitative estimate of drug-likeness (QED) is 0.754. The molecule has 3 aliphatic heterocycles. The number of piperidine rings is 1. The second kappa shape index (κ2) is 5.88. The second-order valence-electron chi connectivity index (χ2n) is 6.24. The van der Waals surface area contributed by atoms with Gasteiger partial charge in [0, 0.05) is 13.1 Å². The van der Waals surface area contributed by atoms with Crippen LogP contribution in [0.1, 0.15) is 32.1 Å². The zero-order valence-corrected chi connectivity index (χ0v) is 12.9. The highest BCUT2D eigenvalue weighted by atomic mass is 32.2. The van der Waals surface area contributed by atoms with Crippen molar-refractivity contribution in [2.45, 2.75) is 50.4 Å². The minimum atomic E-state index is -3.34. The predicted molar refractivity (Wildman–Crippen MR) is 76.6 cm³/mol. The average Bonchev–Trinajstić information content (AvgIpc) is 3.01. The summed E-state index contributed by atoms with van der Waals surface area (Å²) in [6, 6.07) is -0.0196. The van der Waals surface area contributed by atoms with E-state index in [1.807, 2.05) is 7.05 Å². The van der Waals surface area contributed by atoms with Gasteiger partial charge in [0.1, 0.15) is 0 Å². The molecular weight excluding hydrogens is 278 g/mol. The van der Waals surface area contributed by atoms with E-state index in [2.05, 4.69) is 10.0 Å². The van der Waals surface area contributed by atoms with E-state index in [1.165, 1.54) is 0 Å². The Balaban J connectivity index is 1.54. The van der Waals surface area contributed by atoms with E-state index in [4.69, 9.17) is 4.74 Å². The molecule has 3 unspecified atom stereocenters. The summed E-state index contributed by atoms with van der Waals surface area (Å²) in [5, 5.41) is 3.17. The van der Waals surface area contributed by atoms with Gasteiger partial charge in [0.25, 0.3) is 10.2 Å². The minimum absolute atomic E-state index is 0.0196. The Labute approximate surface area is 121 Å². The van der Waals surface area contributed by atoms with Gasteiger partial charge in [-0.25, -0.2) is 0 Å². The van der Waals surface area contributed by atoms with Crippen molar-refractivity contribution in [2.75, 3.05) is 26.7 Å². The minimum Gasteiger partial charge on any atom is -0.373 e. The van der Waals surface area contributed by atoms with Gasteiger partial charge in [-0.1, -0.05) is 0 Å². The van der Waals surface area contributed by atoms with Crippen molar-refractivity contribution in [3.05, 3.63) is 0 Å². The second-order valence-corrected chi connectivity index (χ2v) is 7.94. The Morgan fingerprint density at radius 3 is 2.50 bits per heavy atom. The first-order chi connectivity index (χ1) is 9.58. The molecule has 0 amide bonds. The fraction of sp³-hybridized carbons (Fsp3) is 1.00. The maximum atomic E-state index is 12.4. The van der Waals surface area contributed by atoms with Crippen LogP contribution in [-0.2, 0) is 14.9 Å². The molecule has 116 valence electrons. The van der Waals surface area contributed by atoms with Crippen LogP contribution < -0.4 is 10.0 Å². The SMILES string of the molecule is CNCC1CCN(S(=O)(=O)NC2CC3CCC2O3)CC1. The molecule has 6 nitrogen and oxygen atoms in total. The number of hydrogen-bond donors (Lipinski definition) is 2. The van der Waals surface area contributed by atoms with Crippen molar-refractivity contribution in [2.24, 2.45) is 5.92 Å². The van der Waals surface area contributed by atoms with Crippen LogP contribution >= 0.6 is 0 Å². The van der Waals surface area contributed by atoms with Gasteiger partial charge in [-0.2, -0.15) is 17.4 Å². The fourth-order valence-electron chi connectivity index (χ4n) is 3.67. The lowest BCUT2D eigenvalue weighted by atomic mass is 9.96. The molecule has 3 aliphatic rings. The van der Waals surface area contributed by atoms with Crippen molar-refractivity contribution in [3.8, 4) is 0 Å². The Kier molecular flexibility index (Phi) is 4.33. The fourth-order valence-corrected chi connectivity index (χ4v) is 5.14. The number of nitrogens with one attached hydrogen (secondary N) is 2. The zero-order chi connectivity index (χ0) is 14.2. The summed E-state index contributed by atoms with van der Waals surface area (Å²) in [5.74, 6) is 0.595. The van der Waals surface area contributed by atoms with E-state index in [1.54, 1.807) is 4.31 Å². The Hall–Kier alpha value is -0.210. The molecule has 3 heterocycles. The van der Waals surface area contributed by atoms with Crippen molar-refractivity contribution < 1.29 is 13.2 Å². The number of nitrogens with zero attached hydrogens (tertiary/aromatic N) is 1. The third-order valence-corrected chi connectivity index (χ3v) is 6.46. The molecule has 0 spiro atoms. The topological polar surface area (TPSA) is 70.7 Å². The molecule has 3 atom stereocenters. The lowest BCUT2D eigenvalue weighted by Gasteiger charge is -2.32. The van der Waals surface area contributed by atoms with Gasteiger partial charge in [-0.3, -0.25) is 0 Å². The van der Waals surface area contributed by atoms with Crippen LogP contribution in [-0.4, -0.2) is 57.7 Å². The van der Waals surface area contributed by atoms with E-state index in [0.29, 0.717) is 19.0 Å². The molecule has 0 aromatic carbocycles. The summed E-state index contributed by atoms with van der Waals surface area (Å²) in [7, 11) is -1.40. The molecule has 3 fully saturated rings. The van der Waals surface area contributed by atoms with Gasteiger partial charge in [-0.15, -0.1) is 0 Å². The molecule has 0 aromatic heterocycles. The van der Waals surface area contributed by atoms with Crippen LogP contribution in [0.3, 0.4) is 0 Å². The summed E-state index contributed by atoms with van der Waals surface area (Å²) in [5.41, 5.74) is 0. The van der Waals surface area contributed by atoms with Crippen LogP contribution in [0.15, 0.2) is 0 Å². The molecule has 3 rings (SSSR count). The summed E-state index contributed by atoms with van der Waals surface area (Å²) in [4.78, 5) is 0. The first kappa shape index (κ1) is 14.7. The molecule has 0 saturated carbocycles. The lowest BCUT2D eigenvalue weighted by molar-refractivity contribution is 0.0993. The van der Waals surface area contributed by atoms with Crippen LogP contribution in [0.2, 0.25) is 0 Å². The third kappa shape index (κ3) is 3.01. The molecule has 2 bridgehead atoms. The highest BCUT2D eigenvalue weighted by Crippen LogP contribution is 2.34. The molecule has 2 N–H and O–H groups in total. The molecule has 0 radical (unpaired) electrons. The third-order valence-electron chi connectivity index (χ3n) is 4.81. The first-order valence-electron chi connectivity index (χ1n) is 7.66. The van der Waals surface area contributed by atoms with Gasteiger partial charge in [0.05, 0.1) is 18.2 Å². The summed E-state index contributed by atoms with van der Waals surface area (Å²) < 4.78 is 35.0. The van der Waals surface area contributed by atoms with Gasteiger partial charge in [0.15, 0.2) is 0 Å². The Bertz CT molecular complexity index is 434. The van der Waals surface area contributed by atoms with Gasteiger partial charge in [-0.05, 0) is 51.6 Å². The molecule has 7 heteroatoms. The van der Waals surface area contributed by atoms with Gasteiger partial charge in [0.2, 0.25) is 0 Å². The number of rotatable bonds is 5. The van der Waals surface area contributed by atoms with E-state index in [9.17, 15) is 8.42 Å². The zero-order valence-electron chi connectivity index (χ0n) is 12.0. The smallest absolute Gasteiger partial charge is 0.279 e. The lowest BCUT2D eigenvalue weighted by Crippen LogP contribution is -2.51. The summed E-state index contributed by atoms with van der Waals surface area (Å²) >= 11 is 0. The maximum absolute atomic E-state index is 12.4. The predicted octanol–water partition coefficient (Wildman–Crippen LogP) is 0.0721. The van der Waals surface area contributed by atoms with Crippen LogP contribution in [0.5, 0.6) is 0 Å². The monoisotopic (exact) mass is 303 g/mol. The normalized spacial score (nSPS) is 35.8. The van der Waals surface area contributed by atoms with Crippen LogP contribution in [0, 0.1) is 5.92 Å². The molecule has 0 aliphatic carbocycles. The number of fused-ring (bicyclic) bond motifs is 2. The van der Waals surface area contributed by atoms with Gasteiger partial charge >= 0.3 is 0 Å². The highest BCUT2D eigenvalue weighted by Gasteiger charge is 2.43. The van der Waals surface area contributed by atoms with E-state index in [0.717, 1.165) is 38.6 Å². The van der Waals surface area contributed by atoms with Crippen molar-refractivity contribution in [1.82, 2.24) is 14.3 Å². The average molecular weight is 303 g/mol. The maximum Gasteiger partial charge on any atom is 0.279 e. The van der Waals surface area contributed by atoms with Crippen molar-refractivity contribution in [3.63, 3.8) is 0 Å². The largest absolute Gasteiger partial charge is 0.373 e. The molecule has 0 aromatic rings. The summed E-state index contributed by atoms with van der Waals surface area (Å²) in [6.07, 6.45) is 5.15. The standard InChI is InChI=1S/C13H25N3O3S/c1-14-9-10-4-6-16(7-5-10)20(17,18)15-12-8-11-2-3-13(12)19-11/h10-15H,2-9H2,1H3. The molecule has 3 saturated heterocycles. The van der Waals surface area contributed by atoms with Crippen LogP contribution in [0.4, 0.5) is 0 Å². The number of ether oxygens (including phenoxy) is 1. The number of hydrogen-bond acceptors (Lipinski definition) is 4. The Morgan fingerprint density at radius 2 is 1.95 bits per heavy atom. The van der Waals surface area contributed by atoms with Crippen molar-refractivity contribution >= 4 is 10.2 Å². The summed E-state index contributed by atoms with van der Waals surface area (Å²) in [6.45, 7) is 2.23. The Morgan fingerprint density at radius 1 is 1.20 bits per heavy atom. The van der Waals surface area contributed by atoms with E-state index >= 15 is 0 Å². The van der Waals surface area contributed by atoms with E-state index < -0.39 is 10.2 Å². The molecular formula is C13H25N3O3S. The molecule has 20 heavy (non-hydrogen) atoms. The van der Waals surface area contributed by atoms with E-state index in [-0.39, 0.29) is 18.2 Å². The highest BCUT2D eigenvalue weighted by molar-refractivity contribution is 7.87. The van der Waals surface area contributed by atoms with Gasteiger partial charge < -0.3 is 10.1 Å². The van der Waals surface area contributed by atoms with Crippen molar-refractivity contribution in [1.29, 1.82) is 0 Å².